The van der Waals surface area contributed by atoms with Crippen LogP contribution in [-0.2, 0) is 9.59 Å². The number of alkyl halides is 1. The number of nitrogens with zero attached hydrogens (tertiary/aromatic N) is 1. The Labute approximate surface area is 117 Å². The SMILES string of the molecule is O=C1NC(=O)[C@](F)(N2C(=O)c3ccccc3C2=O)C[C@H]1O. The van der Waals surface area contributed by atoms with Crippen molar-refractivity contribution >= 4 is 23.6 Å². The highest BCUT2D eigenvalue weighted by Gasteiger charge is 2.58. The number of aliphatic hydroxyl groups excluding tert-OH is 1. The molecule has 7 nitrogen and oxygen atoms in total. The van der Waals surface area contributed by atoms with Crippen molar-refractivity contribution in [1.29, 1.82) is 0 Å². The van der Waals surface area contributed by atoms with Gasteiger partial charge in [-0.15, -0.1) is 0 Å². The summed E-state index contributed by atoms with van der Waals surface area (Å²) < 4.78 is 14.9. The van der Waals surface area contributed by atoms with Crippen molar-refractivity contribution in [2.45, 2.75) is 18.3 Å². The Hall–Kier alpha value is -2.61. The number of imide groups is 2. The molecule has 2 aliphatic rings. The maximum atomic E-state index is 14.9. The number of rotatable bonds is 1. The highest BCUT2D eigenvalue weighted by atomic mass is 19.1. The Morgan fingerprint density at radius 3 is 2.19 bits per heavy atom. The van der Waals surface area contributed by atoms with E-state index in [9.17, 15) is 28.7 Å². The molecule has 4 amide bonds. The molecule has 0 aromatic heterocycles. The van der Waals surface area contributed by atoms with E-state index in [4.69, 9.17) is 0 Å². The third-order valence-corrected chi connectivity index (χ3v) is 3.50. The Morgan fingerprint density at radius 2 is 1.67 bits per heavy atom. The average Bonchev–Trinajstić information content (AvgIpc) is 2.70. The van der Waals surface area contributed by atoms with Gasteiger partial charge in [0.25, 0.3) is 29.4 Å². The lowest BCUT2D eigenvalue weighted by Gasteiger charge is -2.35. The summed E-state index contributed by atoms with van der Waals surface area (Å²) in [5.74, 6) is -7.55. The van der Waals surface area contributed by atoms with Gasteiger partial charge in [0.2, 0.25) is 0 Å². The fourth-order valence-corrected chi connectivity index (χ4v) is 2.44. The lowest BCUT2D eigenvalue weighted by Crippen LogP contribution is -2.65. The summed E-state index contributed by atoms with van der Waals surface area (Å²) in [6.07, 6.45) is -2.81. The Balaban J connectivity index is 2.06. The van der Waals surface area contributed by atoms with Crippen molar-refractivity contribution in [3.63, 3.8) is 0 Å². The first kappa shape index (κ1) is 13.4. The average molecular weight is 292 g/mol. The highest BCUT2D eigenvalue weighted by Crippen LogP contribution is 2.35. The zero-order valence-corrected chi connectivity index (χ0v) is 10.5. The molecule has 0 bridgehead atoms. The van der Waals surface area contributed by atoms with Crippen molar-refractivity contribution in [1.82, 2.24) is 10.2 Å². The summed E-state index contributed by atoms with van der Waals surface area (Å²) in [5.41, 5.74) is -0.0579. The number of halogens is 1. The summed E-state index contributed by atoms with van der Waals surface area (Å²) >= 11 is 0. The molecule has 21 heavy (non-hydrogen) atoms. The third kappa shape index (κ3) is 1.69. The van der Waals surface area contributed by atoms with Crippen LogP contribution >= 0.6 is 0 Å². The molecule has 3 rings (SSSR count). The predicted molar refractivity (Wildman–Crippen MR) is 64.6 cm³/mol. The number of carbonyl (C=O) groups excluding carboxylic acids is 4. The molecule has 0 aliphatic carbocycles. The van der Waals surface area contributed by atoms with Gasteiger partial charge in [-0.2, -0.15) is 0 Å². The van der Waals surface area contributed by atoms with E-state index in [1.165, 1.54) is 24.3 Å². The number of nitrogens with one attached hydrogen (secondary N) is 1. The summed E-state index contributed by atoms with van der Waals surface area (Å²) in [6.45, 7) is 0. The number of carbonyl (C=O) groups is 4. The second kappa shape index (κ2) is 4.19. The van der Waals surface area contributed by atoms with Gasteiger partial charge in [0, 0.05) is 6.42 Å². The summed E-state index contributed by atoms with van der Waals surface area (Å²) in [7, 11) is 0. The second-order valence-corrected chi connectivity index (χ2v) is 4.79. The largest absolute Gasteiger partial charge is 0.383 e. The van der Waals surface area contributed by atoms with Gasteiger partial charge in [-0.1, -0.05) is 12.1 Å². The molecule has 2 atom stereocenters. The van der Waals surface area contributed by atoms with E-state index in [1.807, 2.05) is 0 Å². The number of hydrogen-bond acceptors (Lipinski definition) is 5. The number of aliphatic hydroxyl groups is 1. The lowest BCUT2D eigenvalue weighted by atomic mass is 9.99. The van der Waals surface area contributed by atoms with E-state index in [1.54, 1.807) is 5.32 Å². The van der Waals surface area contributed by atoms with Crippen LogP contribution in [0.15, 0.2) is 24.3 Å². The first-order valence-corrected chi connectivity index (χ1v) is 6.06. The van der Waals surface area contributed by atoms with Crippen molar-refractivity contribution in [3.8, 4) is 0 Å². The van der Waals surface area contributed by atoms with E-state index < -0.39 is 41.9 Å². The standard InChI is InChI=1S/C13H9FN2O5/c14-13(5-8(17)9(18)15-12(13)21)16-10(19)6-3-1-2-4-7(6)11(16)20/h1-4,8,17H,5H2,(H,15,18,21)/t8-,13-/m1/s1. The molecule has 0 spiro atoms. The molecule has 1 aromatic rings. The van der Waals surface area contributed by atoms with Crippen LogP contribution in [0, 0.1) is 0 Å². The number of piperidine rings is 1. The van der Waals surface area contributed by atoms with Gasteiger partial charge >= 0.3 is 0 Å². The molecule has 8 heteroatoms. The lowest BCUT2D eigenvalue weighted by molar-refractivity contribution is -0.160. The highest BCUT2D eigenvalue weighted by molar-refractivity contribution is 6.24. The smallest absolute Gasteiger partial charge is 0.286 e. The van der Waals surface area contributed by atoms with E-state index in [0.717, 1.165) is 0 Å². The number of fused-ring (bicyclic) bond motifs is 1. The monoisotopic (exact) mass is 292 g/mol. The maximum Gasteiger partial charge on any atom is 0.286 e. The minimum Gasteiger partial charge on any atom is -0.383 e. The zero-order chi connectivity index (χ0) is 15.4. The Morgan fingerprint density at radius 1 is 1.14 bits per heavy atom. The first-order valence-electron chi connectivity index (χ1n) is 6.06. The fourth-order valence-electron chi connectivity index (χ4n) is 2.44. The van der Waals surface area contributed by atoms with Crippen LogP contribution in [0.3, 0.4) is 0 Å². The predicted octanol–water partition coefficient (Wildman–Crippen LogP) is -0.644. The molecule has 1 saturated heterocycles. The van der Waals surface area contributed by atoms with Crippen molar-refractivity contribution in [3.05, 3.63) is 35.4 Å². The zero-order valence-electron chi connectivity index (χ0n) is 10.5. The van der Waals surface area contributed by atoms with Crippen molar-refractivity contribution in [2.75, 3.05) is 0 Å². The molecule has 2 aliphatic heterocycles. The second-order valence-electron chi connectivity index (χ2n) is 4.79. The Kier molecular flexibility index (Phi) is 2.67. The molecule has 2 heterocycles. The molecule has 1 fully saturated rings. The van der Waals surface area contributed by atoms with Gasteiger partial charge in [0.15, 0.2) is 0 Å². The van der Waals surface area contributed by atoms with E-state index >= 15 is 0 Å². The molecule has 1 aromatic carbocycles. The molecule has 108 valence electrons. The van der Waals surface area contributed by atoms with E-state index in [2.05, 4.69) is 0 Å². The summed E-state index contributed by atoms with van der Waals surface area (Å²) in [6, 6.07) is 5.66. The van der Waals surface area contributed by atoms with Crippen LogP contribution < -0.4 is 5.32 Å². The Bertz CT molecular complexity index is 669. The van der Waals surface area contributed by atoms with Crippen LogP contribution in [0.4, 0.5) is 4.39 Å². The molecular formula is C13H9FN2O5. The van der Waals surface area contributed by atoms with Crippen molar-refractivity contribution in [2.24, 2.45) is 0 Å². The van der Waals surface area contributed by atoms with Gasteiger partial charge < -0.3 is 5.11 Å². The summed E-state index contributed by atoms with van der Waals surface area (Å²) in [4.78, 5) is 47.4. The van der Waals surface area contributed by atoms with Crippen LogP contribution in [-0.4, -0.2) is 45.5 Å². The maximum absolute atomic E-state index is 14.9. The normalized spacial score (nSPS) is 28.7. The van der Waals surface area contributed by atoms with Crippen LogP contribution in [0.1, 0.15) is 27.1 Å². The molecular weight excluding hydrogens is 283 g/mol. The van der Waals surface area contributed by atoms with Gasteiger partial charge in [-0.3, -0.25) is 24.5 Å². The van der Waals surface area contributed by atoms with Gasteiger partial charge in [0.1, 0.15) is 6.10 Å². The minimum atomic E-state index is -3.10. The molecule has 0 unspecified atom stereocenters. The molecule has 0 radical (unpaired) electrons. The quantitative estimate of drug-likeness (QED) is 0.529. The number of hydrogen-bond donors (Lipinski definition) is 2. The number of amides is 4. The van der Waals surface area contributed by atoms with Gasteiger partial charge in [-0.25, -0.2) is 9.29 Å². The fraction of sp³-hybridized carbons (Fsp3) is 0.231. The number of benzene rings is 1. The van der Waals surface area contributed by atoms with Crippen LogP contribution in [0.25, 0.3) is 0 Å². The topological polar surface area (TPSA) is 104 Å². The van der Waals surface area contributed by atoms with E-state index in [-0.39, 0.29) is 16.0 Å². The van der Waals surface area contributed by atoms with Crippen LogP contribution in [0.5, 0.6) is 0 Å². The van der Waals surface area contributed by atoms with Crippen LogP contribution in [0.2, 0.25) is 0 Å². The van der Waals surface area contributed by atoms with Crippen molar-refractivity contribution < 1.29 is 28.7 Å². The first-order chi connectivity index (χ1) is 9.86. The molecule has 2 N–H and O–H groups in total. The molecule has 0 saturated carbocycles. The van der Waals surface area contributed by atoms with Gasteiger partial charge in [-0.05, 0) is 12.1 Å². The van der Waals surface area contributed by atoms with E-state index in [0.29, 0.717) is 0 Å². The summed E-state index contributed by atoms with van der Waals surface area (Å²) in [5, 5.41) is 11.0. The van der Waals surface area contributed by atoms with Gasteiger partial charge in [0.05, 0.1) is 11.1 Å². The third-order valence-electron chi connectivity index (χ3n) is 3.50. The minimum absolute atomic E-state index is 0.0290.